The first-order chi connectivity index (χ1) is 7.70. The van der Waals surface area contributed by atoms with Gasteiger partial charge in [0.05, 0.1) is 5.92 Å². The molecule has 0 radical (unpaired) electrons. The number of rotatable bonds is 3. The smallest absolute Gasteiger partial charge is 0.312 e. The summed E-state index contributed by atoms with van der Waals surface area (Å²) in [5.41, 5.74) is 0.856. The number of carboxylic acid groups (broad SMARTS) is 1. The van der Waals surface area contributed by atoms with E-state index >= 15 is 0 Å². The molecule has 2 N–H and O–H groups in total. The molecule has 1 saturated heterocycles. The minimum atomic E-state index is -0.758. The molecule has 4 heteroatoms. The molecule has 16 heavy (non-hydrogen) atoms. The minimum Gasteiger partial charge on any atom is -0.481 e. The van der Waals surface area contributed by atoms with Crippen molar-refractivity contribution in [1.29, 1.82) is 0 Å². The molecule has 1 heterocycles. The predicted molar refractivity (Wildman–Crippen MR) is 65.5 cm³/mol. The van der Waals surface area contributed by atoms with Crippen LogP contribution < -0.4 is 5.32 Å². The highest BCUT2D eigenvalue weighted by Gasteiger charge is 2.32. The molecule has 0 unspecified atom stereocenters. The monoisotopic (exact) mass is 283 g/mol. The number of carboxylic acids is 1. The van der Waals surface area contributed by atoms with Gasteiger partial charge in [0, 0.05) is 10.5 Å². The van der Waals surface area contributed by atoms with E-state index in [0.29, 0.717) is 0 Å². The lowest BCUT2D eigenvalue weighted by molar-refractivity contribution is -0.139. The number of benzene rings is 1. The summed E-state index contributed by atoms with van der Waals surface area (Å²) in [7, 11) is 0. The van der Waals surface area contributed by atoms with Crippen LogP contribution in [0.25, 0.3) is 0 Å². The summed E-state index contributed by atoms with van der Waals surface area (Å²) in [6.07, 6.45) is 1.98. The second-order valence-electron chi connectivity index (χ2n) is 4.04. The molecule has 2 atom stereocenters. The Morgan fingerprint density at radius 3 is 2.81 bits per heavy atom. The lowest BCUT2D eigenvalue weighted by Crippen LogP contribution is -2.34. The van der Waals surface area contributed by atoms with E-state index in [2.05, 4.69) is 21.2 Å². The Bertz CT molecular complexity index is 388. The molecule has 0 aliphatic carbocycles. The number of hydrogen-bond acceptors (Lipinski definition) is 2. The topological polar surface area (TPSA) is 49.3 Å². The fourth-order valence-corrected chi connectivity index (χ4v) is 2.78. The van der Waals surface area contributed by atoms with Crippen LogP contribution in [0.1, 0.15) is 24.3 Å². The molecule has 1 aromatic rings. The molecule has 1 aliphatic rings. The van der Waals surface area contributed by atoms with Gasteiger partial charge in [0.25, 0.3) is 0 Å². The van der Waals surface area contributed by atoms with E-state index in [1.54, 1.807) is 0 Å². The van der Waals surface area contributed by atoms with Gasteiger partial charge in [-0.25, -0.2) is 0 Å². The van der Waals surface area contributed by atoms with Gasteiger partial charge in [0.15, 0.2) is 0 Å². The number of nitrogens with one attached hydrogen (secondary N) is 1. The third-order valence-electron chi connectivity index (χ3n) is 3.01. The summed E-state index contributed by atoms with van der Waals surface area (Å²) < 4.78 is 0.871. The van der Waals surface area contributed by atoms with Gasteiger partial charge in [-0.3, -0.25) is 4.79 Å². The lowest BCUT2D eigenvalue weighted by Gasteiger charge is -2.21. The first-order valence-electron chi connectivity index (χ1n) is 5.41. The van der Waals surface area contributed by atoms with Crippen LogP contribution in [0.3, 0.4) is 0 Å². The summed E-state index contributed by atoms with van der Waals surface area (Å²) in [5, 5.41) is 12.6. The minimum absolute atomic E-state index is 0.0520. The Labute approximate surface area is 103 Å². The fourth-order valence-electron chi connectivity index (χ4n) is 2.25. The maximum Gasteiger partial charge on any atom is 0.312 e. The molecular weight excluding hydrogens is 270 g/mol. The zero-order valence-electron chi connectivity index (χ0n) is 8.82. The third kappa shape index (κ3) is 2.28. The van der Waals surface area contributed by atoms with E-state index in [4.69, 9.17) is 0 Å². The third-order valence-corrected chi connectivity index (χ3v) is 3.73. The Morgan fingerprint density at radius 2 is 2.25 bits per heavy atom. The van der Waals surface area contributed by atoms with Crippen molar-refractivity contribution in [3.05, 3.63) is 34.3 Å². The van der Waals surface area contributed by atoms with Gasteiger partial charge >= 0.3 is 5.97 Å². The van der Waals surface area contributed by atoms with Crippen molar-refractivity contribution in [2.75, 3.05) is 6.54 Å². The highest BCUT2D eigenvalue weighted by molar-refractivity contribution is 9.10. The maximum absolute atomic E-state index is 11.4. The second kappa shape index (κ2) is 4.97. The summed E-state index contributed by atoms with van der Waals surface area (Å²) in [6.45, 7) is 0.916. The van der Waals surface area contributed by atoms with Gasteiger partial charge < -0.3 is 10.4 Å². The zero-order chi connectivity index (χ0) is 11.5. The van der Waals surface area contributed by atoms with Crippen molar-refractivity contribution in [3.63, 3.8) is 0 Å². The molecule has 0 amide bonds. The largest absolute Gasteiger partial charge is 0.481 e. The summed E-state index contributed by atoms with van der Waals surface area (Å²) in [6, 6.07) is 7.60. The van der Waals surface area contributed by atoms with Gasteiger partial charge in [0.2, 0.25) is 0 Å². The first kappa shape index (κ1) is 11.6. The molecule has 0 spiro atoms. The van der Waals surface area contributed by atoms with Gasteiger partial charge in [-0.05, 0) is 31.0 Å². The van der Waals surface area contributed by atoms with Gasteiger partial charge in [0.1, 0.15) is 0 Å². The van der Waals surface area contributed by atoms with Crippen LogP contribution in [0.5, 0.6) is 0 Å². The van der Waals surface area contributed by atoms with E-state index in [1.165, 1.54) is 0 Å². The van der Waals surface area contributed by atoms with Crippen LogP contribution in [0.15, 0.2) is 28.7 Å². The van der Waals surface area contributed by atoms with Crippen molar-refractivity contribution >= 4 is 21.9 Å². The average molecular weight is 284 g/mol. The number of halogens is 1. The molecule has 1 aromatic carbocycles. The highest BCUT2D eigenvalue weighted by atomic mass is 79.9. The summed E-state index contributed by atoms with van der Waals surface area (Å²) in [5.74, 6) is -1.22. The Kier molecular flexibility index (Phi) is 3.61. The molecule has 86 valence electrons. The van der Waals surface area contributed by atoms with Crippen molar-refractivity contribution in [3.8, 4) is 0 Å². The molecule has 1 fully saturated rings. The first-order valence-corrected chi connectivity index (χ1v) is 6.20. The molecule has 0 aromatic heterocycles. The average Bonchev–Trinajstić information content (AvgIpc) is 2.74. The molecule has 1 aliphatic heterocycles. The van der Waals surface area contributed by atoms with E-state index in [-0.39, 0.29) is 6.04 Å². The quantitative estimate of drug-likeness (QED) is 0.896. The fraction of sp³-hybridized carbons (Fsp3) is 0.417. The summed E-state index contributed by atoms with van der Waals surface area (Å²) >= 11 is 3.42. The molecule has 0 bridgehead atoms. The molecule has 2 rings (SSSR count). The van der Waals surface area contributed by atoms with E-state index in [1.807, 2.05) is 24.3 Å². The number of hydrogen-bond donors (Lipinski definition) is 2. The van der Waals surface area contributed by atoms with Crippen molar-refractivity contribution < 1.29 is 9.90 Å². The van der Waals surface area contributed by atoms with Crippen LogP contribution in [-0.4, -0.2) is 23.7 Å². The van der Waals surface area contributed by atoms with Crippen molar-refractivity contribution in [2.45, 2.75) is 24.8 Å². The van der Waals surface area contributed by atoms with E-state index in [0.717, 1.165) is 29.4 Å². The normalized spacial score (nSPS) is 21.9. The van der Waals surface area contributed by atoms with Gasteiger partial charge in [-0.15, -0.1) is 0 Å². The van der Waals surface area contributed by atoms with Crippen LogP contribution >= 0.6 is 15.9 Å². The molecular formula is C12H14BrNO2. The van der Waals surface area contributed by atoms with Gasteiger partial charge in [-0.2, -0.15) is 0 Å². The van der Waals surface area contributed by atoms with Crippen molar-refractivity contribution in [2.24, 2.45) is 0 Å². The number of aliphatic carboxylic acids is 1. The van der Waals surface area contributed by atoms with Crippen LogP contribution in [0.4, 0.5) is 0 Å². The summed E-state index contributed by atoms with van der Waals surface area (Å²) in [4.78, 5) is 11.4. The standard InChI is InChI=1S/C12H14BrNO2/c13-9-5-2-1-4-8(9)11(12(15)16)10-6-3-7-14-10/h1-2,4-5,10-11,14H,3,6-7H2,(H,15,16)/t10-,11+/m1/s1. The van der Waals surface area contributed by atoms with Crippen molar-refractivity contribution in [1.82, 2.24) is 5.32 Å². The zero-order valence-corrected chi connectivity index (χ0v) is 10.4. The second-order valence-corrected chi connectivity index (χ2v) is 4.89. The Hall–Kier alpha value is -0.870. The molecule has 3 nitrogen and oxygen atoms in total. The number of carbonyl (C=O) groups is 1. The lowest BCUT2D eigenvalue weighted by atomic mass is 9.90. The van der Waals surface area contributed by atoms with Gasteiger partial charge in [-0.1, -0.05) is 34.1 Å². The molecule has 0 saturated carbocycles. The predicted octanol–water partition coefficient (Wildman–Crippen LogP) is 2.37. The van der Waals surface area contributed by atoms with E-state index in [9.17, 15) is 9.90 Å². The van der Waals surface area contributed by atoms with Crippen LogP contribution in [-0.2, 0) is 4.79 Å². The highest BCUT2D eigenvalue weighted by Crippen LogP contribution is 2.30. The van der Waals surface area contributed by atoms with E-state index < -0.39 is 11.9 Å². The van der Waals surface area contributed by atoms with Crippen LogP contribution in [0, 0.1) is 0 Å². The van der Waals surface area contributed by atoms with Crippen LogP contribution in [0.2, 0.25) is 0 Å². The Balaban J connectivity index is 2.32. The maximum atomic E-state index is 11.4. The Morgan fingerprint density at radius 1 is 1.50 bits per heavy atom. The SMILES string of the molecule is O=C(O)[C@@H](c1ccccc1Br)[C@H]1CCCN1.